The zero-order valence-electron chi connectivity index (χ0n) is 11.9. The van der Waals surface area contributed by atoms with Crippen LogP contribution in [0.5, 0.6) is 0 Å². The molecule has 1 aromatic carbocycles. The topological polar surface area (TPSA) is 24.5 Å². The van der Waals surface area contributed by atoms with E-state index >= 15 is 0 Å². The highest BCUT2D eigenvalue weighted by atomic mass is 16.5. The van der Waals surface area contributed by atoms with Crippen molar-refractivity contribution in [2.24, 2.45) is 0 Å². The number of ether oxygens (including phenoxy) is 1. The minimum Gasteiger partial charge on any atom is -0.383 e. The van der Waals surface area contributed by atoms with E-state index in [2.05, 4.69) is 48.5 Å². The third-order valence-electron chi connectivity index (χ3n) is 3.02. The summed E-state index contributed by atoms with van der Waals surface area (Å²) < 4.78 is 4.99. The molecule has 0 aliphatic heterocycles. The lowest BCUT2D eigenvalue weighted by molar-refractivity contribution is 0.198. The zero-order valence-corrected chi connectivity index (χ0v) is 11.9. The average Bonchev–Trinajstić information content (AvgIpc) is 2.36. The SMILES string of the molecule is COCCNCCN(C)CCc1cccc(C)c1. The van der Waals surface area contributed by atoms with E-state index in [0.717, 1.165) is 39.2 Å². The van der Waals surface area contributed by atoms with Gasteiger partial charge in [-0.2, -0.15) is 0 Å². The van der Waals surface area contributed by atoms with Crippen molar-refractivity contribution < 1.29 is 4.74 Å². The molecule has 1 aromatic rings. The van der Waals surface area contributed by atoms with Crippen molar-refractivity contribution in [3.05, 3.63) is 35.4 Å². The first-order valence-corrected chi connectivity index (χ1v) is 6.66. The highest BCUT2D eigenvalue weighted by molar-refractivity contribution is 5.22. The molecular formula is C15H26N2O. The number of likely N-dealkylation sites (N-methyl/N-ethyl adjacent to an activating group) is 1. The number of nitrogens with one attached hydrogen (secondary N) is 1. The molecule has 0 aliphatic carbocycles. The zero-order chi connectivity index (χ0) is 13.2. The lowest BCUT2D eigenvalue weighted by Gasteiger charge is -2.17. The van der Waals surface area contributed by atoms with Gasteiger partial charge in [-0.3, -0.25) is 0 Å². The lowest BCUT2D eigenvalue weighted by Crippen LogP contribution is -2.32. The number of rotatable bonds is 9. The molecule has 102 valence electrons. The van der Waals surface area contributed by atoms with Gasteiger partial charge in [-0.15, -0.1) is 0 Å². The van der Waals surface area contributed by atoms with Gasteiger partial charge in [0.05, 0.1) is 6.61 Å². The standard InChI is InChI=1S/C15H26N2O/c1-14-5-4-6-15(13-14)7-10-17(2)11-8-16-9-12-18-3/h4-6,13,16H,7-12H2,1-3H3. The van der Waals surface area contributed by atoms with Crippen molar-refractivity contribution in [2.75, 3.05) is 46.9 Å². The first kappa shape index (κ1) is 15.2. The van der Waals surface area contributed by atoms with Crippen LogP contribution in [-0.4, -0.2) is 51.8 Å². The van der Waals surface area contributed by atoms with E-state index in [9.17, 15) is 0 Å². The van der Waals surface area contributed by atoms with Gasteiger partial charge in [0.25, 0.3) is 0 Å². The van der Waals surface area contributed by atoms with Crippen LogP contribution < -0.4 is 5.32 Å². The maximum Gasteiger partial charge on any atom is 0.0587 e. The van der Waals surface area contributed by atoms with E-state index in [0.29, 0.717) is 0 Å². The molecule has 0 heterocycles. The fourth-order valence-corrected chi connectivity index (χ4v) is 1.87. The fraction of sp³-hybridized carbons (Fsp3) is 0.600. The van der Waals surface area contributed by atoms with Crippen molar-refractivity contribution in [3.8, 4) is 0 Å². The molecule has 0 aromatic heterocycles. The summed E-state index contributed by atoms with van der Waals surface area (Å²) in [5, 5.41) is 3.36. The van der Waals surface area contributed by atoms with Gasteiger partial charge in [0, 0.05) is 33.3 Å². The molecule has 0 atom stereocenters. The number of aryl methyl sites for hydroxylation is 1. The summed E-state index contributed by atoms with van der Waals surface area (Å²) in [4.78, 5) is 2.36. The van der Waals surface area contributed by atoms with Crippen molar-refractivity contribution in [1.29, 1.82) is 0 Å². The summed E-state index contributed by atoms with van der Waals surface area (Å²) in [5.74, 6) is 0. The first-order chi connectivity index (χ1) is 8.72. The van der Waals surface area contributed by atoms with Crippen LogP contribution in [0.1, 0.15) is 11.1 Å². The van der Waals surface area contributed by atoms with Gasteiger partial charge in [0.15, 0.2) is 0 Å². The van der Waals surface area contributed by atoms with Crippen LogP contribution in [0.15, 0.2) is 24.3 Å². The largest absolute Gasteiger partial charge is 0.383 e. The van der Waals surface area contributed by atoms with Gasteiger partial charge in [0.1, 0.15) is 0 Å². The molecule has 0 saturated carbocycles. The molecule has 1 N–H and O–H groups in total. The van der Waals surface area contributed by atoms with E-state index in [1.165, 1.54) is 11.1 Å². The molecule has 0 unspecified atom stereocenters. The molecule has 3 heteroatoms. The Morgan fingerprint density at radius 1 is 1.22 bits per heavy atom. The van der Waals surface area contributed by atoms with Gasteiger partial charge in [0.2, 0.25) is 0 Å². The Hall–Kier alpha value is -0.900. The Balaban J connectivity index is 2.11. The summed E-state index contributed by atoms with van der Waals surface area (Å²) in [6.45, 7) is 7.07. The molecule has 0 amide bonds. The van der Waals surface area contributed by atoms with Gasteiger partial charge < -0.3 is 15.0 Å². The normalized spacial score (nSPS) is 11.1. The predicted octanol–water partition coefficient (Wildman–Crippen LogP) is 1.71. The molecular weight excluding hydrogens is 224 g/mol. The second-order valence-electron chi connectivity index (χ2n) is 4.79. The van der Waals surface area contributed by atoms with Crippen LogP contribution in [0.4, 0.5) is 0 Å². The third-order valence-corrected chi connectivity index (χ3v) is 3.02. The van der Waals surface area contributed by atoms with E-state index in [4.69, 9.17) is 4.74 Å². The lowest BCUT2D eigenvalue weighted by atomic mass is 10.1. The van der Waals surface area contributed by atoms with Gasteiger partial charge >= 0.3 is 0 Å². The molecule has 0 radical (unpaired) electrons. The molecule has 0 aliphatic rings. The highest BCUT2D eigenvalue weighted by Gasteiger charge is 1.99. The van der Waals surface area contributed by atoms with Crippen molar-refractivity contribution in [1.82, 2.24) is 10.2 Å². The number of hydrogen-bond donors (Lipinski definition) is 1. The monoisotopic (exact) mass is 250 g/mol. The number of methoxy groups -OCH3 is 1. The maximum atomic E-state index is 4.99. The highest BCUT2D eigenvalue weighted by Crippen LogP contribution is 2.04. The summed E-state index contributed by atoms with van der Waals surface area (Å²) in [5.41, 5.74) is 2.77. The molecule has 18 heavy (non-hydrogen) atoms. The molecule has 3 nitrogen and oxygen atoms in total. The fourth-order valence-electron chi connectivity index (χ4n) is 1.87. The number of hydrogen-bond acceptors (Lipinski definition) is 3. The quantitative estimate of drug-likeness (QED) is 0.675. The Morgan fingerprint density at radius 2 is 2.06 bits per heavy atom. The van der Waals surface area contributed by atoms with E-state index < -0.39 is 0 Å². The van der Waals surface area contributed by atoms with Gasteiger partial charge in [-0.05, 0) is 26.0 Å². The molecule has 0 saturated heterocycles. The Bertz CT molecular complexity index is 328. The second kappa shape index (κ2) is 9.09. The first-order valence-electron chi connectivity index (χ1n) is 6.66. The van der Waals surface area contributed by atoms with Crippen LogP contribution >= 0.6 is 0 Å². The van der Waals surface area contributed by atoms with Crippen LogP contribution in [0, 0.1) is 6.92 Å². The van der Waals surface area contributed by atoms with Crippen LogP contribution in [0.3, 0.4) is 0 Å². The van der Waals surface area contributed by atoms with E-state index in [1.54, 1.807) is 7.11 Å². The van der Waals surface area contributed by atoms with Crippen molar-refractivity contribution >= 4 is 0 Å². The smallest absolute Gasteiger partial charge is 0.0587 e. The Kier molecular flexibility index (Phi) is 7.65. The summed E-state index contributed by atoms with van der Waals surface area (Å²) in [7, 11) is 3.91. The Labute approximate surface area is 111 Å². The van der Waals surface area contributed by atoms with Gasteiger partial charge in [-0.1, -0.05) is 29.8 Å². The van der Waals surface area contributed by atoms with E-state index in [-0.39, 0.29) is 0 Å². The molecule has 0 spiro atoms. The maximum absolute atomic E-state index is 4.99. The van der Waals surface area contributed by atoms with Crippen LogP contribution in [0.2, 0.25) is 0 Å². The minimum atomic E-state index is 0.785. The van der Waals surface area contributed by atoms with E-state index in [1.807, 2.05) is 0 Å². The van der Waals surface area contributed by atoms with Crippen LogP contribution in [0.25, 0.3) is 0 Å². The summed E-state index contributed by atoms with van der Waals surface area (Å²) in [6, 6.07) is 8.76. The minimum absolute atomic E-state index is 0.785. The van der Waals surface area contributed by atoms with Crippen LogP contribution in [-0.2, 0) is 11.2 Å². The van der Waals surface area contributed by atoms with Crippen molar-refractivity contribution in [2.45, 2.75) is 13.3 Å². The molecule has 0 bridgehead atoms. The number of nitrogens with zero attached hydrogens (tertiary/aromatic N) is 1. The summed E-state index contributed by atoms with van der Waals surface area (Å²) in [6.07, 6.45) is 1.12. The Morgan fingerprint density at radius 3 is 2.78 bits per heavy atom. The molecule has 0 fully saturated rings. The second-order valence-corrected chi connectivity index (χ2v) is 4.79. The predicted molar refractivity (Wildman–Crippen MR) is 77.1 cm³/mol. The van der Waals surface area contributed by atoms with Gasteiger partial charge in [-0.25, -0.2) is 0 Å². The number of benzene rings is 1. The molecule has 1 rings (SSSR count). The average molecular weight is 250 g/mol. The third kappa shape index (κ3) is 6.74. The summed E-state index contributed by atoms with van der Waals surface area (Å²) >= 11 is 0. The van der Waals surface area contributed by atoms with Crippen molar-refractivity contribution in [3.63, 3.8) is 0 Å².